The molecule has 3 rings (SSSR count). The van der Waals surface area contributed by atoms with E-state index < -0.39 is 6.04 Å². The van der Waals surface area contributed by atoms with Gasteiger partial charge in [0.15, 0.2) is 0 Å². The number of anilines is 1. The van der Waals surface area contributed by atoms with E-state index >= 15 is 0 Å². The third kappa shape index (κ3) is 3.85. The predicted octanol–water partition coefficient (Wildman–Crippen LogP) is 2.12. The lowest BCUT2D eigenvalue weighted by Gasteiger charge is -2.34. The minimum absolute atomic E-state index is 0.00958. The number of nitrogens with one attached hydrogen (secondary N) is 1. The summed E-state index contributed by atoms with van der Waals surface area (Å²) in [6.45, 7) is 6.99. The molecule has 1 aromatic carbocycles. The first-order valence-electron chi connectivity index (χ1n) is 9.63. The number of para-hydroxylation sites is 1. The molecule has 3 amide bonds. The average Bonchev–Trinajstić information content (AvgIpc) is 2.99. The highest BCUT2D eigenvalue weighted by Gasteiger charge is 2.36. The second kappa shape index (κ2) is 8.08. The molecule has 26 heavy (non-hydrogen) atoms. The van der Waals surface area contributed by atoms with Gasteiger partial charge in [-0.15, -0.1) is 0 Å². The van der Waals surface area contributed by atoms with Gasteiger partial charge in [0.25, 0.3) is 0 Å². The predicted molar refractivity (Wildman–Crippen MR) is 103 cm³/mol. The van der Waals surface area contributed by atoms with Crippen LogP contribution in [0.4, 0.5) is 10.5 Å². The van der Waals surface area contributed by atoms with Gasteiger partial charge in [-0.05, 0) is 56.2 Å². The molecule has 0 radical (unpaired) electrons. The first-order valence-corrected chi connectivity index (χ1v) is 9.63. The van der Waals surface area contributed by atoms with E-state index in [4.69, 9.17) is 5.73 Å². The molecule has 1 aromatic rings. The molecule has 2 aliphatic heterocycles. The smallest absolute Gasteiger partial charge is 0.318 e. The average molecular weight is 358 g/mol. The number of amides is 3. The van der Waals surface area contributed by atoms with E-state index in [9.17, 15) is 9.59 Å². The molecule has 0 aromatic heterocycles. The lowest BCUT2D eigenvalue weighted by molar-refractivity contribution is -0.121. The Morgan fingerprint density at radius 2 is 2.08 bits per heavy atom. The Hall–Kier alpha value is -2.08. The largest absolute Gasteiger partial charge is 0.330 e. The van der Waals surface area contributed by atoms with Gasteiger partial charge < -0.3 is 20.9 Å². The van der Waals surface area contributed by atoms with Crippen LogP contribution in [0.3, 0.4) is 0 Å². The third-order valence-electron chi connectivity index (χ3n) is 5.74. The molecule has 1 unspecified atom stereocenters. The molecule has 3 N–H and O–H groups in total. The zero-order valence-electron chi connectivity index (χ0n) is 15.8. The van der Waals surface area contributed by atoms with Crippen LogP contribution in [0.5, 0.6) is 0 Å². The number of hydrogen-bond acceptors (Lipinski definition) is 3. The number of urea groups is 1. The highest BCUT2D eigenvalue weighted by atomic mass is 16.2. The molecule has 2 heterocycles. The van der Waals surface area contributed by atoms with Crippen molar-refractivity contribution in [3.63, 3.8) is 0 Å². The maximum Gasteiger partial charge on any atom is 0.318 e. The molecule has 142 valence electrons. The van der Waals surface area contributed by atoms with E-state index in [0.29, 0.717) is 31.3 Å². The molecule has 0 spiro atoms. The summed E-state index contributed by atoms with van der Waals surface area (Å²) in [7, 11) is 0. The Morgan fingerprint density at radius 3 is 2.81 bits per heavy atom. The van der Waals surface area contributed by atoms with E-state index in [1.54, 1.807) is 0 Å². The van der Waals surface area contributed by atoms with Gasteiger partial charge in [-0.2, -0.15) is 0 Å². The SMILES string of the molecule is Cc1ccccc1N1CCCC(NC(=O)N2C[C@@H](CCN)[C@H](C)C2)C1=O. The second-order valence-corrected chi connectivity index (χ2v) is 7.64. The lowest BCUT2D eigenvalue weighted by Crippen LogP contribution is -2.55. The van der Waals surface area contributed by atoms with Crippen LogP contribution < -0.4 is 16.0 Å². The fourth-order valence-corrected chi connectivity index (χ4v) is 4.14. The quantitative estimate of drug-likeness (QED) is 0.865. The molecule has 6 heteroatoms. The van der Waals surface area contributed by atoms with Crippen molar-refractivity contribution in [1.82, 2.24) is 10.2 Å². The fraction of sp³-hybridized carbons (Fsp3) is 0.600. The normalized spacial score (nSPS) is 26.3. The monoisotopic (exact) mass is 358 g/mol. The van der Waals surface area contributed by atoms with Crippen molar-refractivity contribution in [1.29, 1.82) is 0 Å². The number of aryl methyl sites for hydroxylation is 1. The van der Waals surface area contributed by atoms with Gasteiger partial charge in [-0.3, -0.25) is 4.79 Å². The van der Waals surface area contributed by atoms with Crippen molar-refractivity contribution in [2.24, 2.45) is 17.6 Å². The number of carbonyl (C=O) groups is 2. The van der Waals surface area contributed by atoms with Crippen LogP contribution in [-0.2, 0) is 4.79 Å². The number of likely N-dealkylation sites (tertiary alicyclic amines) is 1. The summed E-state index contributed by atoms with van der Waals surface area (Å²) in [6, 6.07) is 7.33. The molecule has 0 bridgehead atoms. The number of benzene rings is 1. The van der Waals surface area contributed by atoms with Crippen molar-refractivity contribution in [2.45, 2.75) is 39.2 Å². The van der Waals surface area contributed by atoms with Crippen molar-refractivity contribution in [3.05, 3.63) is 29.8 Å². The molecule has 2 fully saturated rings. The van der Waals surface area contributed by atoms with Crippen LogP contribution in [0.15, 0.2) is 24.3 Å². The van der Waals surface area contributed by atoms with Crippen molar-refractivity contribution in [2.75, 3.05) is 31.1 Å². The summed E-state index contributed by atoms with van der Waals surface area (Å²) in [6.07, 6.45) is 2.52. The van der Waals surface area contributed by atoms with E-state index in [-0.39, 0.29) is 11.9 Å². The van der Waals surface area contributed by atoms with Crippen molar-refractivity contribution >= 4 is 17.6 Å². The van der Waals surface area contributed by atoms with Gasteiger partial charge in [-0.25, -0.2) is 4.79 Å². The molecule has 3 atom stereocenters. The van der Waals surface area contributed by atoms with Crippen LogP contribution in [0.2, 0.25) is 0 Å². The van der Waals surface area contributed by atoms with Crippen LogP contribution >= 0.6 is 0 Å². The van der Waals surface area contributed by atoms with E-state index in [2.05, 4.69) is 12.2 Å². The van der Waals surface area contributed by atoms with Crippen LogP contribution in [0, 0.1) is 18.8 Å². The Labute approximate surface area is 155 Å². The molecular weight excluding hydrogens is 328 g/mol. The molecule has 0 aliphatic carbocycles. The number of nitrogens with zero attached hydrogens (tertiary/aromatic N) is 2. The molecule has 6 nitrogen and oxygen atoms in total. The number of rotatable bonds is 4. The van der Waals surface area contributed by atoms with Gasteiger partial charge in [0, 0.05) is 25.3 Å². The molecular formula is C20H30N4O2. The summed E-state index contributed by atoms with van der Waals surface area (Å²) in [5, 5.41) is 2.98. The van der Waals surface area contributed by atoms with Crippen LogP contribution in [-0.4, -0.2) is 49.1 Å². The van der Waals surface area contributed by atoms with Gasteiger partial charge in [-0.1, -0.05) is 25.1 Å². The molecule has 0 saturated carbocycles. The maximum absolute atomic E-state index is 12.9. The minimum Gasteiger partial charge on any atom is -0.330 e. The summed E-state index contributed by atoms with van der Waals surface area (Å²) in [5.41, 5.74) is 7.69. The van der Waals surface area contributed by atoms with Crippen LogP contribution in [0.25, 0.3) is 0 Å². The lowest BCUT2D eigenvalue weighted by atomic mass is 9.95. The Balaban J connectivity index is 1.64. The topological polar surface area (TPSA) is 78.7 Å². The number of hydrogen-bond donors (Lipinski definition) is 2. The second-order valence-electron chi connectivity index (χ2n) is 7.64. The third-order valence-corrected chi connectivity index (χ3v) is 5.74. The van der Waals surface area contributed by atoms with Crippen LogP contribution in [0.1, 0.15) is 31.7 Å². The Bertz CT molecular complexity index is 663. The zero-order chi connectivity index (χ0) is 18.7. The summed E-state index contributed by atoms with van der Waals surface area (Å²) >= 11 is 0. The Kier molecular flexibility index (Phi) is 5.81. The summed E-state index contributed by atoms with van der Waals surface area (Å²) < 4.78 is 0. The maximum atomic E-state index is 12.9. The number of piperidine rings is 1. The van der Waals surface area contributed by atoms with Gasteiger partial charge in [0.05, 0.1) is 0 Å². The standard InChI is InChI=1S/C20H30N4O2/c1-14-6-3-4-8-18(14)24-11-5-7-17(19(24)25)22-20(26)23-12-15(2)16(13-23)9-10-21/h3-4,6,8,15-17H,5,7,9-13,21H2,1-2H3,(H,22,26)/t15-,16-,17?/m1/s1. The minimum atomic E-state index is -0.445. The molecule has 2 saturated heterocycles. The molecule has 2 aliphatic rings. The highest BCUT2D eigenvalue weighted by molar-refractivity contribution is 6.00. The highest BCUT2D eigenvalue weighted by Crippen LogP contribution is 2.27. The zero-order valence-corrected chi connectivity index (χ0v) is 15.8. The first-order chi connectivity index (χ1) is 12.5. The van der Waals surface area contributed by atoms with Crippen molar-refractivity contribution < 1.29 is 9.59 Å². The Morgan fingerprint density at radius 1 is 1.31 bits per heavy atom. The van der Waals surface area contributed by atoms with E-state index in [1.165, 1.54) is 0 Å². The number of carbonyl (C=O) groups excluding carboxylic acids is 2. The van der Waals surface area contributed by atoms with Gasteiger partial charge in [0.1, 0.15) is 6.04 Å². The summed E-state index contributed by atoms with van der Waals surface area (Å²) in [4.78, 5) is 29.3. The van der Waals surface area contributed by atoms with E-state index in [0.717, 1.165) is 37.2 Å². The van der Waals surface area contributed by atoms with Gasteiger partial charge >= 0.3 is 6.03 Å². The number of nitrogens with two attached hydrogens (primary N) is 1. The summed E-state index contributed by atoms with van der Waals surface area (Å²) in [5.74, 6) is 0.899. The first kappa shape index (κ1) is 18.7. The van der Waals surface area contributed by atoms with Crippen molar-refractivity contribution in [3.8, 4) is 0 Å². The van der Waals surface area contributed by atoms with Gasteiger partial charge in [0.2, 0.25) is 5.91 Å². The van der Waals surface area contributed by atoms with E-state index in [1.807, 2.05) is 41.0 Å². The fourth-order valence-electron chi connectivity index (χ4n) is 4.14.